The van der Waals surface area contributed by atoms with Crippen LogP contribution in [0.4, 0.5) is 5.69 Å². The lowest BCUT2D eigenvalue weighted by Crippen LogP contribution is -2.34. The second-order valence-corrected chi connectivity index (χ2v) is 4.69. The Morgan fingerprint density at radius 3 is 3.06 bits per heavy atom. The van der Waals surface area contributed by atoms with Crippen molar-refractivity contribution in [3.63, 3.8) is 0 Å². The van der Waals surface area contributed by atoms with Gasteiger partial charge in [0.1, 0.15) is 0 Å². The quantitative estimate of drug-likeness (QED) is 0.826. The fraction of sp³-hybridized carbons (Fsp3) is 0.500. The lowest BCUT2D eigenvalue weighted by molar-refractivity contribution is 0.124. The average Bonchev–Trinajstić information content (AvgIpc) is 2.67. The average molecular weight is 241 g/mol. The Hall–Kier alpha value is -0.770. The van der Waals surface area contributed by atoms with E-state index < -0.39 is 0 Å². The van der Waals surface area contributed by atoms with Gasteiger partial charge in [-0.2, -0.15) is 0 Å². The molecule has 0 saturated carbocycles. The minimum atomic E-state index is 0.393. The highest BCUT2D eigenvalue weighted by Gasteiger charge is 2.25. The maximum absolute atomic E-state index is 5.96. The number of anilines is 1. The molecule has 3 nitrogen and oxygen atoms in total. The molecule has 0 spiro atoms. The van der Waals surface area contributed by atoms with E-state index in [0.717, 1.165) is 18.0 Å². The van der Waals surface area contributed by atoms with Crippen molar-refractivity contribution in [2.24, 2.45) is 5.90 Å². The van der Waals surface area contributed by atoms with Gasteiger partial charge in [-0.05, 0) is 43.5 Å². The fourth-order valence-corrected chi connectivity index (χ4v) is 2.60. The molecule has 1 heterocycles. The number of hydrogen-bond acceptors (Lipinski definition) is 3. The van der Waals surface area contributed by atoms with Crippen LogP contribution in [0.3, 0.4) is 0 Å². The third kappa shape index (κ3) is 2.32. The number of halogens is 1. The molecule has 2 rings (SSSR count). The molecule has 1 atom stereocenters. The smallest absolute Gasteiger partial charge is 0.0882 e. The van der Waals surface area contributed by atoms with Gasteiger partial charge in [0.2, 0.25) is 0 Å². The number of benzene rings is 1. The summed E-state index contributed by atoms with van der Waals surface area (Å²) in [7, 11) is 0. The molecule has 1 aromatic rings. The van der Waals surface area contributed by atoms with Crippen LogP contribution in [-0.4, -0.2) is 19.2 Å². The molecule has 16 heavy (non-hydrogen) atoms. The molecule has 88 valence electrons. The van der Waals surface area contributed by atoms with Gasteiger partial charge in [0, 0.05) is 17.3 Å². The summed E-state index contributed by atoms with van der Waals surface area (Å²) in [5.41, 5.74) is 2.44. The lowest BCUT2D eigenvalue weighted by atomic mass is 10.1. The minimum absolute atomic E-state index is 0.393. The van der Waals surface area contributed by atoms with Crippen molar-refractivity contribution in [2.45, 2.75) is 25.8 Å². The Morgan fingerprint density at radius 1 is 1.56 bits per heavy atom. The van der Waals surface area contributed by atoms with Gasteiger partial charge in [0.05, 0.1) is 12.6 Å². The zero-order valence-corrected chi connectivity index (χ0v) is 10.2. The van der Waals surface area contributed by atoms with E-state index in [1.165, 1.54) is 17.7 Å². The molecule has 1 aliphatic rings. The molecule has 1 aliphatic heterocycles. The molecule has 1 fully saturated rings. The van der Waals surface area contributed by atoms with Crippen LogP contribution in [0.1, 0.15) is 18.4 Å². The maximum atomic E-state index is 5.96. The van der Waals surface area contributed by atoms with Crippen molar-refractivity contribution in [1.29, 1.82) is 0 Å². The number of hydrogen-bond donors (Lipinski definition) is 1. The van der Waals surface area contributed by atoms with E-state index in [0.29, 0.717) is 12.6 Å². The van der Waals surface area contributed by atoms with Gasteiger partial charge in [0.15, 0.2) is 0 Å². The zero-order valence-electron chi connectivity index (χ0n) is 9.45. The Bertz CT molecular complexity index is 370. The molecule has 1 saturated heterocycles. The topological polar surface area (TPSA) is 38.5 Å². The first-order valence-corrected chi connectivity index (χ1v) is 5.94. The monoisotopic (exact) mass is 240 g/mol. The van der Waals surface area contributed by atoms with Crippen LogP contribution >= 0.6 is 11.6 Å². The predicted octanol–water partition coefficient (Wildman–Crippen LogP) is 2.51. The lowest BCUT2D eigenvalue weighted by Gasteiger charge is -2.27. The van der Waals surface area contributed by atoms with Crippen molar-refractivity contribution < 1.29 is 4.84 Å². The number of nitrogens with two attached hydrogens (primary N) is 1. The van der Waals surface area contributed by atoms with Crippen molar-refractivity contribution in [1.82, 2.24) is 0 Å². The highest BCUT2D eigenvalue weighted by atomic mass is 35.5. The summed E-state index contributed by atoms with van der Waals surface area (Å²) in [5, 5.41) is 0.784. The van der Waals surface area contributed by atoms with Crippen LogP contribution in [-0.2, 0) is 4.84 Å². The summed E-state index contributed by atoms with van der Waals surface area (Å²) in [6, 6.07) is 6.40. The SMILES string of the molecule is Cc1cc(Cl)ccc1N1CCCC1CON. The largest absolute Gasteiger partial charge is 0.366 e. The van der Waals surface area contributed by atoms with Crippen LogP contribution in [0.15, 0.2) is 18.2 Å². The van der Waals surface area contributed by atoms with Gasteiger partial charge >= 0.3 is 0 Å². The molecule has 1 unspecified atom stereocenters. The summed E-state index contributed by atoms with van der Waals surface area (Å²) < 4.78 is 0. The third-order valence-electron chi connectivity index (χ3n) is 3.13. The molecule has 1 aromatic carbocycles. The molecule has 0 radical (unpaired) electrons. The number of nitrogens with zero attached hydrogens (tertiary/aromatic N) is 1. The summed E-state index contributed by atoms with van der Waals surface area (Å²) in [4.78, 5) is 7.13. The van der Waals surface area contributed by atoms with Crippen LogP contribution in [0.2, 0.25) is 5.02 Å². The highest BCUT2D eigenvalue weighted by molar-refractivity contribution is 6.30. The Kier molecular flexibility index (Phi) is 3.69. The molecule has 0 aromatic heterocycles. The molecule has 0 amide bonds. The van der Waals surface area contributed by atoms with Crippen molar-refractivity contribution in [3.05, 3.63) is 28.8 Å². The van der Waals surface area contributed by atoms with E-state index in [1.807, 2.05) is 12.1 Å². The van der Waals surface area contributed by atoms with Gasteiger partial charge in [-0.15, -0.1) is 0 Å². The first-order valence-electron chi connectivity index (χ1n) is 5.57. The van der Waals surface area contributed by atoms with E-state index in [-0.39, 0.29) is 0 Å². The second-order valence-electron chi connectivity index (χ2n) is 4.25. The van der Waals surface area contributed by atoms with Crippen molar-refractivity contribution in [2.75, 3.05) is 18.1 Å². The number of rotatable bonds is 3. The maximum Gasteiger partial charge on any atom is 0.0882 e. The van der Waals surface area contributed by atoms with E-state index in [2.05, 4.69) is 17.9 Å². The van der Waals surface area contributed by atoms with E-state index in [9.17, 15) is 0 Å². The van der Waals surface area contributed by atoms with Crippen LogP contribution < -0.4 is 10.8 Å². The Labute approximate surface area is 101 Å². The second kappa shape index (κ2) is 5.04. The zero-order chi connectivity index (χ0) is 11.5. The van der Waals surface area contributed by atoms with Gasteiger partial charge in [-0.3, -0.25) is 0 Å². The Morgan fingerprint density at radius 2 is 2.38 bits per heavy atom. The summed E-state index contributed by atoms with van der Waals surface area (Å²) in [6.07, 6.45) is 2.33. The summed E-state index contributed by atoms with van der Waals surface area (Å²) in [6.45, 7) is 3.73. The first-order chi connectivity index (χ1) is 7.72. The highest BCUT2D eigenvalue weighted by Crippen LogP contribution is 2.30. The van der Waals surface area contributed by atoms with Gasteiger partial charge in [0.25, 0.3) is 0 Å². The van der Waals surface area contributed by atoms with E-state index in [1.54, 1.807) is 0 Å². The molecule has 0 aliphatic carbocycles. The minimum Gasteiger partial charge on any atom is -0.366 e. The molecular weight excluding hydrogens is 224 g/mol. The summed E-state index contributed by atoms with van der Waals surface area (Å²) in [5.74, 6) is 5.16. The van der Waals surface area contributed by atoms with E-state index >= 15 is 0 Å². The van der Waals surface area contributed by atoms with Crippen molar-refractivity contribution in [3.8, 4) is 0 Å². The van der Waals surface area contributed by atoms with Gasteiger partial charge in [-0.1, -0.05) is 11.6 Å². The molecule has 4 heteroatoms. The molecular formula is C12H17ClN2O. The Balaban J connectivity index is 2.22. The first kappa shape index (κ1) is 11.7. The van der Waals surface area contributed by atoms with E-state index in [4.69, 9.17) is 22.3 Å². The molecule has 0 bridgehead atoms. The fourth-order valence-electron chi connectivity index (χ4n) is 2.38. The molecule has 2 N–H and O–H groups in total. The normalized spacial score (nSPS) is 20.4. The van der Waals surface area contributed by atoms with Gasteiger partial charge in [-0.25, -0.2) is 5.90 Å². The number of aryl methyl sites for hydroxylation is 1. The van der Waals surface area contributed by atoms with Crippen LogP contribution in [0.25, 0.3) is 0 Å². The predicted molar refractivity (Wildman–Crippen MR) is 66.7 cm³/mol. The third-order valence-corrected chi connectivity index (χ3v) is 3.37. The van der Waals surface area contributed by atoms with Crippen molar-refractivity contribution >= 4 is 17.3 Å². The van der Waals surface area contributed by atoms with Gasteiger partial charge < -0.3 is 9.74 Å². The standard InChI is InChI=1S/C12H17ClN2O/c1-9-7-10(13)4-5-12(9)15-6-2-3-11(15)8-16-14/h4-5,7,11H,2-3,6,8,14H2,1H3. The van der Waals surface area contributed by atoms with Crippen LogP contribution in [0, 0.1) is 6.92 Å². The van der Waals surface area contributed by atoms with Crippen LogP contribution in [0.5, 0.6) is 0 Å². The summed E-state index contributed by atoms with van der Waals surface area (Å²) >= 11 is 5.96.